The van der Waals surface area contributed by atoms with E-state index in [1.165, 1.54) is 17.3 Å². The molecule has 0 spiro atoms. The van der Waals surface area contributed by atoms with E-state index >= 15 is 0 Å². The number of aliphatic hydroxyl groups excluding tert-OH is 2. The van der Waals surface area contributed by atoms with Gasteiger partial charge in [-0.05, 0) is 25.1 Å². The zero-order chi connectivity index (χ0) is 23.5. The molecule has 3 aromatic heterocycles. The summed E-state index contributed by atoms with van der Waals surface area (Å²) in [5.74, 6) is 0.0606. The maximum absolute atomic E-state index is 12.9. The molecule has 3 aromatic rings. The normalized spacial score (nSPS) is 13.3. The minimum Gasteiger partial charge on any atom is -0.394 e. The number of aromatic nitrogens is 4. The number of aryl methyl sites for hydroxylation is 1. The molecular formula is C22H23N7O4. The summed E-state index contributed by atoms with van der Waals surface area (Å²) >= 11 is 0. The number of hydrogen-bond acceptors (Lipinski definition) is 9. The Kier molecular flexibility index (Phi) is 6.24. The average Bonchev–Trinajstić information content (AvgIpc) is 2.84. The fourth-order valence-electron chi connectivity index (χ4n) is 3.45. The van der Waals surface area contributed by atoms with Gasteiger partial charge in [-0.2, -0.15) is 0 Å². The first-order valence-corrected chi connectivity index (χ1v) is 10.2. The van der Waals surface area contributed by atoms with E-state index in [2.05, 4.69) is 25.3 Å². The average molecular weight is 449 g/mol. The van der Waals surface area contributed by atoms with Crippen LogP contribution in [0.4, 0.5) is 17.2 Å². The molecule has 0 unspecified atom stereocenters. The monoisotopic (exact) mass is 449 g/mol. The Morgan fingerprint density at radius 3 is 2.67 bits per heavy atom. The van der Waals surface area contributed by atoms with Crippen molar-refractivity contribution in [3.63, 3.8) is 0 Å². The van der Waals surface area contributed by atoms with Gasteiger partial charge in [-0.3, -0.25) is 14.6 Å². The number of hydrogen-bond donors (Lipinski definition) is 3. The van der Waals surface area contributed by atoms with E-state index in [-0.39, 0.29) is 18.0 Å². The third-order valence-electron chi connectivity index (χ3n) is 5.26. The highest BCUT2D eigenvalue weighted by atomic mass is 16.3. The summed E-state index contributed by atoms with van der Waals surface area (Å²) in [7, 11) is 1.64. The molecular weight excluding hydrogens is 426 g/mol. The molecule has 0 atom stereocenters. The number of carbonyl (C=O) groups is 2. The van der Waals surface area contributed by atoms with Gasteiger partial charge in [0.25, 0.3) is 5.91 Å². The molecule has 0 saturated carbocycles. The Labute approximate surface area is 189 Å². The topological polar surface area (TPSA) is 145 Å². The third kappa shape index (κ3) is 4.36. The maximum Gasteiger partial charge on any atom is 0.255 e. The second kappa shape index (κ2) is 9.27. The van der Waals surface area contributed by atoms with E-state index in [1.54, 1.807) is 30.3 Å². The highest BCUT2D eigenvalue weighted by Crippen LogP contribution is 2.37. The van der Waals surface area contributed by atoms with Gasteiger partial charge in [0.05, 0.1) is 36.7 Å². The lowest BCUT2D eigenvalue weighted by Crippen LogP contribution is -2.44. The van der Waals surface area contributed by atoms with Crippen LogP contribution in [0.1, 0.15) is 16.1 Å². The number of pyridine rings is 2. The lowest BCUT2D eigenvalue weighted by atomic mass is 10.1. The minimum absolute atomic E-state index is 0.0606. The summed E-state index contributed by atoms with van der Waals surface area (Å²) in [5, 5.41) is 21.2. The first kappa shape index (κ1) is 22.2. The molecule has 4 rings (SSSR count). The van der Waals surface area contributed by atoms with Crippen LogP contribution in [0.25, 0.3) is 11.5 Å². The molecule has 0 aliphatic carbocycles. The molecule has 2 amide bonds. The quantitative estimate of drug-likeness (QED) is 0.488. The van der Waals surface area contributed by atoms with Crippen molar-refractivity contribution in [3.8, 4) is 11.5 Å². The number of anilines is 3. The number of fused-ring (bicyclic) bond motifs is 1. The SMILES string of the molecule is Cc1cccc(-c2ncc3c(n2)N(c2ccncc2C(=O)NC(CO)CO)CC(=O)N3C)n1. The first-order valence-electron chi connectivity index (χ1n) is 10.2. The van der Waals surface area contributed by atoms with Gasteiger partial charge in [0, 0.05) is 25.1 Å². The summed E-state index contributed by atoms with van der Waals surface area (Å²) in [4.78, 5) is 46.3. The molecule has 11 heteroatoms. The first-order chi connectivity index (χ1) is 15.9. The van der Waals surface area contributed by atoms with Crippen LogP contribution >= 0.6 is 0 Å². The van der Waals surface area contributed by atoms with Crippen LogP contribution < -0.4 is 15.1 Å². The molecule has 11 nitrogen and oxygen atoms in total. The number of nitrogens with zero attached hydrogens (tertiary/aromatic N) is 6. The molecule has 0 aromatic carbocycles. The maximum atomic E-state index is 12.9. The number of aliphatic hydroxyl groups is 2. The molecule has 1 aliphatic rings. The van der Waals surface area contributed by atoms with Crippen LogP contribution in [-0.2, 0) is 4.79 Å². The van der Waals surface area contributed by atoms with Crippen molar-refractivity contribution < 1.29 is 19.8 Å². The lowest BCUT2D eigenvalue weighted by Gasteiger charge is -2.35. The number of rotatable bonds is 6. The van der Waals surface area contributed by atoms with E-state index in [4.69, 9.17) is 0 Å². The van der Waals surface area contributed by atoms with Crippen LogP contribution in [0.15, 0.2) is 42.9 Å². The van der Waals surface area contributed by atoms with Gasteiger partial charge < -0.3 is 25.3 Å². The van der Waals surface area contributed by atoms with Gasteiger partial charge in [0.1, 0.15) is 17.9 Å². The van der Waals surface area contributed by atoms with Crippen molar-refractivity contribution in [1.29, 1.82) is 0 Å². The number of carbonyl (C=O) groups excluding carboxylic acids is 2. The van der Waals surface area contributed by atoms with Crippen molar-refractivity contribution in [3.05, 3.63) is 54.1 Å². The van der Waals surface area contributed by atoms with Gasteiger partial charge in [-0.1, -0.05) is 6.07 Å². The van der Waals surface area contributed by atoms with E-state index < -0.39 is 25.2 Å². The van der Waals surface area contributed by atoms with Crippen molar-refractivity contribution in [2.75, 3.05) is 36.6 Å². The second-order valence-corrected chi connectivity index (χ2v) is 7.53. The van der Waals surface area contributed by atoms with Crippen LogP contribution in [0, 0.1) is 6.92 Å². The van der Waals surface area contributed by atoms with E-state index in [0.717, 1.165) is 5.69 Å². The lowest BCUT2D eigenvalue weighted by molar-refractivity contribution is -0.117. The summed E-state index contributed by atoms with van der Waals surface area (Å²) < 4.78 is 0. The largest absolute Gasteiger partial charge is 0.394 e. The third-order valence-corrected chi connectivity index (χ3v) is 5.26. The summed E-state index contributed by atoms with van der Waals surface area (Å²) in [6.07, 6.45) is 4.43. The smallest absolute Gasteiger partial charge is 0.255 e. The van der Waals surface area contributed by atoms with Crippen molar-refractivity contribution in [2.45, 2.75) is 13.0 Å². The highest BCUT2D eigenvalue weighted by Gasteiger charge is 2.32. The Balaban J connectivity index is 1.81. The van der Waals surface area contributed by atoms with E-state index in [9.17, 15) is 19.8 Å². The summed E-state index contributed by atoms with van der Waals surface area (Å²) in [6.45, 7) is 0.963. The molecule has 0 fully saturated rings. The molecule has 0 radical (unpaired) electrons. The minimum atomic E-state index is -0.826. The number of amides is 2. The predicted octanol–water partition coefficient (Wildman–Crippen LogP) is 0.440. The van der Waals surface area contributed by atoms with Gasteiger partial charge >= 0.3 is 0 Å². The zero-order valence-electron chi connectivity index (χ0n) is 18.1. The van der Waals surface area contributed by atoms with Gasteiger partial charge in [-0.25, -0.2) is 15.0 Å². The van der Waals surface area contributed by atoms with Crippen molar-refractivity contribution >= 4 is 29.0 Å². The Bertz CT molecular complexity index is 1200. The van der Waals surface area contributed by atoms with Crippen molar-refractivity contribution in [2.24, 2.45) is 0 Å². The molecule has 1 aliphatic heterocycles. The number of nitrogens with one attached hydrogen (secondary N) is 1. The van der Waals surface area contributed by atoms with Crippen molar-refractivity contribution in [1.82, 2.24) is 25.3 Å². The van der Waals surface area contributed by atoms with Crippen LogP contribution in [0.3, 0.4) is 0 Å². The Morgan fingerprint density at radius 1 is 1.15 bits per heavy atom. The standard InChI is InChI=1S/C22H23N7O4/c1-13-4-3-5-16(25-13)20-24-9-18-21(27-20)29(10-19(32)28(18)2)17-6-7-23-8-15(17)22(33)26-14(11-30)12-31/h3-9,14,30-31H,10-12H2,1-2H3,(H,26,33). The second-order valence-electron chi connectivity index (χ2n) is 7.53. The summed E-state index contributed by atoms with van der Waals surface area (Å²) in [5.41, 5.74) is 2.45. The van der Waals surface area contributed by atoms with Gasteiger partial charge in [0.15, 0.2) is 11.6 Å². The summed E-state index contributed by atoms with van der Waals surface area (Å²) in [6, 6.07) is 6.31. The van der Waals surface area contributed by atoms with Crippen LogP contribution in [0.2, 0.25) is 0 Å². The van der Waals surface area contributed by atoms with Gasteiger partial charge in [-0.15, -0.1) is 0 Å². The van der Waals surface area contributed by atoms with E-state index in [1.807, 2.05) is 19.1 Å². The molecule has 0 bridgehead atoms. The van der Waals surface area contributed by atoms with E-state index in [0.29, 0.717) is 28.7 Å². The Hall–Kier alpha value is -3.96. The fraction of sp³-hybridized carbons (Fsp3) is 0.273. The molecule has 4 heterocycles. The Morgan fingerprint density at radius 2 is 1.94 bits per heavy atom. The predicted molar refractivity (Wildman–Crippen MR) is 120 cm³/mol. The molecule has 170 valence electrons. The van der Waals surface area contributed by atoms with Crippen LogP contribution in [0.5, 0.6) is 0 Å². The molecule has 3 N–H and O–H groups in total. The van der Waals surface area contributed by atoms with Crippen LogP contribution in [-0.4, -0.2) is 74.8 Å². The molecule has 0 saturated heterocycles. The fourth-order valence-corrected chi connectivity index (χ4v) is 3.45. The van der Waals surface area contributed by atoms with Gasteiger partial charge in [0.2, 0.25) is 5.91 Å². The highest BCUT2D eigenvalue weighted by molar-refractivity contribution is 6.07. The number of likely N-dealkylation sites (N-methyl/N-ethyl adjacent to an activating group) is 1. The molecule has 33 heavy (non-hydrogen) atoms. The zero-order valence-corrected chi connectivity index (χ0v) is 18.1.